The molecular formula is C5H6O3S2. The lowest BCUT2D eigenvalue weighted by molar-refractivity contribution is 0.320. The summed E-state index contributed by atoms with van der Waals surface area (Å²) in [4.78, 5) is 0. The molecule has 0 saturated carbocycles. The topological polar surface area (TPSA) is 43.4 Å². The largest absolute Gasteiger partial charge is 0.323 e. The highest BCUT2D eigenvalue weighted by atomic mass is 33.1. The van der Waals surface area contributed by atoms with E-state index in [1.165, 1.54) is 0 Å². The van der Waals surface area contributed by atoms with Gasteiger partial charge in [-0.1, -0.05) is 5.92 Å². The van der Waals surface area contributed by atoms with E-state index in [0.29, 0.717) is 17.2 Å². The molecule has 1 heterocycles. The van der Waals surface area contributed by atoms with Gasteiger partial charge in [-0.25, -0.2) is 0 Å². The van der Waals surface area contributed by atoms with Crippen LogP contribution in [0.3, 0.4) is 0 Å². The van der Waals surface area contributed by atoms with E-state index in [1.54, 1.807) is 0 Å². The first-order valence-electron chi connectivity index (χ1n) is 2.68. The summed E-state index contributed by atoms with van der Waals surface area (Å²) in [7, 11) is -2.67. The molecule has 1 saturated heterocycles. The van der Waals surface area contributed by atoms with Crippen molar-refractivity contribution in [2.75, 3.05) is 6.61 Å². The molecule has 0 aromatic carbocycles. The average molecular weight is 178 g/mol. The van der Waals surface area contributed by atoms with E-state index < -0.39 is 9.15 Å². The molecule has 1 fully saturated rings. The summed E-state index contributed by atoms with van der Waals surface area (Å²) >= 11 is 0. The summed E-state index contributed by atoms with van der Waals surface area (Å²) in [6.07, 6.45) is 5.65. The summed E-state index contributed by atoms with van der Waals surface area (Å²) in [5, 5.41) is -0.237. The second kappa shape index (κ2) is 2.82. The highest BCUT2D eigenvalue weighted by Gasteiger charge is 2.24. The maximum Gasteiger partial charge on any atom is 0.323 e. The Kier molecular flexibility index (Phi) is 2.24. The Balaban J connectivity index is 2.67. The van der Waals surface area contributed by atoms with Crippen molar-refractivity contribution in [3.8, 4) is 12.3 Å². The van der Waals surface area contributed by atoms with Crippen molar-refractivity contribution in [1.29, 1.82) is 0 Å². The third-order valence-electron chi connectivity index (χ3n) is 1.03. The van der Waals surface area contributed by atoms with Crippen LogP contribution in [0.5, 0.6) is 0 Å². The smallest absolute Gasteiger partial charge is 0.262 e. The van der Waals surface area contributed by atoms with Crippen LogP contribution in [-0.2, 0) is 13.3 Å². The molecule has 1 aliphatic rings. The standard InChI is InChI=1S/C5H6O3S2/c1-2-5-3-4-8-10(6,7)9-5/h1,5H,3-4H2. The van der Waals surface area contributed by atoms with Crippen LogP contribution < -0.4 is 0 Å². The quantitative estimate of drug-likeness (QED) is 0.397. The Hall–Kier alpha value is -0.180. The minimum atomic E-state index is -3.37. The molecule has 0 radical (unpaired) electrons. The van der Waals surface area contributed by atoms with Crippen LogP contribution in [0.2, 0.25) is 0 Å². The maximum absolute atomic E-state index is 10.7. The van der Waals surface area contributed by atoms with Crippen molar-refractivity contribution >= 4 is 19.9 Å². The zero-order valence-corrected chi connectivity index (χ0v) is 6.74. The summed E-state index contributed by atoms with van der Waals surface area (Å²) in [6.45, 7) is 0.213. The summed E-state index contributed by atoms with van der Waals surface area (Å²) < 4.78 is 25.8. The fourth-order valence-electron chi connectivity index (χ4n) is 0.586. The van der Waals surface area contributed by atoms with Gasteiger partial charge >= 0.3 is 9.15 Å². The van der Waals surface area contributed by atoms with E-state index in [0.717, 1.165) is 0 Å². The zero-order chi connectivity index (χ0) is 7.61. The predicted octanol–water partition coefficient (Wildman–Crippen LogP) is 0.387. The predicted molar refractivity (Wildman–Crippen MR) is 39.7 cm³/mol. The Morgan fingerprint density at radius 2 is 2.40 bits per heavy atom. The highest BCUT2D eigenvalue weighted by molar-refractivity contribution is 8.70. The highest BCUT2D eigenvalue weighted by Crippen LogP contribution is 2.27. The first kappa shape index (κ1) is 7.92. The normalized spacial score (nSPS) is 30.9. The summed E-state index contributed by atoms with van der Waals surface area (Å²) in [6, 6.07) is 0. The molecule has 1 atom stereocenters. The third kappa shape index (κ3) is 1.90. The first-order chi connectivity index (χ1) is 4.64. The molecule has 5 heteroatoms. The van der Waals surface area contributed by atoms with Gasteiger partial charge in [-0.3, -0.25) is 4.18 Å². The molecule has 0 aliphatic carbocycles. The van der Waals surface area contributed by atoms with Crippen LogP contribution in [0.15, 0.2) is 0 Å². The van der Waals surface area contributed by atoms with Crippen molar-refractivity contribution in [1.82, 2.24) is 0 Å². The molecule has 0 N–H and O–H groups in total. The van der Waals surface area contributed by atoms with Gasteiger partial charge in [-0.05, 0) is 6.42 Å². The number of hydrogen-bond donors (Lipinski definition) is 0. The van der Waals surface area contributed by atoms with Gasteiger partial charge in [-0.15, -0.1) is 6.42 Å². The number of hydrogen-bond acceptors (Lipinski definition) is 4. The van der Waals surface area contributed by atoms with Gasteiger partial charge in [0.1, 0.15) is 0 Å². The van der Waals surface area contributed by atoms with Crippen molar-refractivity contribution in [3.05, 3.63) is 0 Å². The van der Waals surface area contributed by atoms with E-state index in [-0.39, 0.29) is 11.9 Å². The Bertz CT molecular complexity index is 249. The van der Waals surface area contributed by atoms with E-state index >= 15 is 0 Å². The summed E-state index contributed by atoms with van der Waals surface area (Å²) in [5.41, 5.74) is 0. The second-order valence-electron chi connectivity index (χ2n) is 1.77. The molecule has 0 aromatic heterocycles. The SMILES string of the molecule is C#CC1CCOS(=O)(=O)S1. The molecule has 0 amide bonds. The van der Waals surface area contributed by atoms with Gasteiger partial charge < -0.3 is 0 Å². The average Bonchev–Trinajstić information content (AvgIpc) is 1.86. The molecular weight excluding hydrogens is 172 g/mol. The Labute approximate surface area is 63.7 Å². The summed E-state index contributed by atoms with van der Waals surface area (Å²) in [5.74, 6) is 2.36. The van der Waals surface area contributed by atoms with Gasteiger partial charge in [-0.2, -0.15) is 8.42 Å². The van der Waals surface area contributed by atoms with E-state index in [9.17, 15) is 8.42 Å². The molecule has 1 unspecified atom stereocenters. The fourth-order valence-corrected chi connectivity index (χ4v) is 3.15. The lowest BCUT2D eigenvalue weighted by Crippen LogP contribution is -2.17. The molecule has 0 aromatic rings. The van der Waals surface area contributed by atoms with Crippen molar-refractivity contribution in [2.45, 2.75) is 11.7 Å². The number of rotatable bonds is 0. The Morgan fingerprint density at radius 1 is 1.70 bits per heavy atom. The van der Waals surface area contributed by atoms with Crippen LogP contribution in [0.1, 0.15) is 6.42 Å². The zero-order valence-electron chi connectivity index (χ0n) is 5.11. The van der Waals surface area contributed by atoms with E-state index in [1.807, 2.05) is 0 Å². The van der Waals surface area contributed by atoms with Crippen LogP contribution in [0.4, 0.5) is 0 Å². The van der Waals surface area contributed by atoms with Crippen LogP contribution in [0.25, 0.3) is 0 Å². The van der Waals surface area contributed by atoms with Crippen molar-refractivity contribution in [3.63, 3.8) is 0 Å². The minimum Gasteiger partial charge on any atom is -0.262 e. The van der Waals surface area contributed by atoms with Crippen LogP contribution >= 0.6 is 10.8 Å². The fraction of sp³-hybridized carbons (Fsp3) is 0.600. The lowest BCUT2D eigenvalue weighted by Gasteiger charge is -2.15. The molecule has 0 bridgehead atoms. The van der Waals surface area contributed by atoms with Gasteiger partial charge in [0.15, 0.2) is 0 Å². The monoisotopic (exact) mass is 178 g/mol. The lowest BCUT2D eigenvalue weighted by atomic mass is 10.3. The van der Waals surface area contributed by atoms with E-state index in [2.05, 4.69) is 10.1 Å². The van der Waals surface area contributed by atoms with Gasteiger partial charge in [0, 0.05) is 10.8 Å². The van der Waals surface area contributed by atoms with Crippen molar-refractivity contribution in [2.24, 2.45) is 0 Å². The molecule has 56 valence electrons. The first-order valence-corrected chi connectivity index (χ1v) is 5.48. The molecule has 0 spiro atoms. The van der Waals surface area contributed by atoms with Crippen LogP contribution in [-0.4, -0.2) is 20.3 Å². The molecule has 3 nitrogen and oxygen atoms in total. The third-order valence-corrected chi connectivity index (χ3v) is 4.02. The molecule has 10 heavy (non-hydrogen) atoms. The minimum absolute atomic E-state index is 0.213. The van der Waals surface area contributed by atoms with E-state index in [4.69, 9.17) is 6.42 Å². The van der Waals surface area contributed by atoms with Gasteiger partial charge in [0.25, 0.3) is 0 Å². The number of terminal acetylenes is 1. The second-order valence-corrected chi connectivity index (χ2v) is 5.39. The van der Waals surface area contributed by atoms with Gasteiger partial charge in [0.2, 0.25) is 0 Å². The molecule has 1 aliphatic heterocycles. The van der Waals surface area contributed by atoms with Gasteiger partial charge in [0.05, 0.1) is 11.9 Å². The molecule has 1 rings (SSSR count). The van der Waals surface area contributed by atoms with Crippen molar-refractivity contribution < 1.29 is 12.6 Å². The van der Waals surface area contributed by atoms with Crippen LogP contribution in [0, 0.1) is 12.3 Å². The Morgan fingerprint density at radius 3 is 2.80 bits per heavy atom. The maximum atomic E-state index is 10.7.